The first-order valence-electron chi connectivity index (χ1n) is 6.54. The molecule has 2 heteroatoms. The second-order valence-electron chi connectivity index (χ2n) is 5.83. The summed E-state index contributed by atoms with van der Waals surface area (Å²) in [5.74, 6) is 1.56. The van der Waals surface area contributed by atoms with Crippen LogP contribution in [0.1, 0.15) is 49.0 Å². The lowest BCUT2D eigenvalue weighted by Gasteiger charge is -2.26. The van der Waals surface area contributed by atoms with Gasteiger partial charge in [0, 0.05) is 5.56 Å². The van der Waals surface area contributed by atoms with Crippen molar-refractivity contribution in [1.29, 1.82) is 0 Å². The number of rotatable bonds is 1. The number of benzene rings is 1. The Labute approximate surface area is 102 Å². The fraction of sp³-hybridized carbons (Fsp3) is 0.533. The highest BCUT2D eigenvalue weighted by molar-refractivity contribution is 6.00. The van der Waals surface area contributed by atoms with E-state index in [2.05, 4.69) is 25.2 Å². The maximum absolute atomic E-state index is 12.0. The Kier molecular flexibility index (Phi) is 2.29. The van der Waals surface area contributed by atoms with E-state index in [1.165, 1.54) is 12.0 Å². The molecule has 0 radical (unpaired) electrons. The van der Waals surface area contributed by atoms with Crippen molar-refractivity contribution in [2.24, 2.45) is 11.8 Å². The van der Waals surface area contributed by atoms with Crippen molar-refractivity contribution in [3.05, 3.63) is 35.4 Å². The number of nitrogens with one attached hydrogen (secondary N) is 1. The zero-order valence-electron chi connectivity index (χ0n) is 10.5. The van der Waals surface area contributed by atoms with E-state index in [0.29, 0.717) is 5.92 Å². The maximum Gasteiger partial charge on any atom is 0.252 e. The lowest BCUT2D eigenvalue weighted by Crippen LogP contribution is -2.37. The number of carbonyl (C=O) groups excluding carboxylic acids is 1. The third kappa shape index (κ3) is 1.50. The van der Waals surface area contributed by atoms with E-state index in [0.717, 1.165) is 24.3 Å². The molecule has 1 N–H and O–H groups in total. The van der Waals surface area contributed by atoms with E-state index in [1.54, 1.807) is 0 Å². The van der Waals surface area contributed by atoms with Crippen LogP contribution in [0, 0.1) is 11.8 Å². The molecule has 0 bridgehead atoms. The fourth-order valence-corrected chi connectivity index (χ4v) is 3.46. The van der Waals surface area contributed by atoms with Gasteiger partial charge in [-0.1, -0.05) is 32.0 Å². The van der Waals surface area contributed by atoms with Crippen molar-refractivity contribution in [2.45, 2.75) is 38.6 Å². The molecule has 1 aromatic rings. The van der Waals surface area contributed by atoms with Gasteiger partial charge < -0.3 is 5.32 Å². The van der Waals surface area contributed by atoms with Gasteiger partial charge in [0.15, 0.2) is 0 Å². The Morgan fingerprint density at radius 3 is 2.82 bits per heavy atom. The van der Waals surface area contributed by atoms with Gasteiger partial charge in [-0.3, -0.25) is 4.79 Å². The van der Waals surface area contributed by atoms with Crippen LogP contribution in [-0.4, -0.2) is 5.91 Å². The summed E-state index contributed by atoms with van der Waals surface area (Å²) < 4.78 is 0. The van der Waals surface area contributed by atoms with Gasteiger partial charge >= 0.3 is 0 Å². The number of carbonyl (C=O) groups is 1. The molecule has 1 spiro atoms. The molecule has 2 unspecified atom stereocenters. The third-order valence-corrected chi connectivity index (χ3v) is 4.54. The molecular weight excluding hydrogens is 210 g/mol. The van der Waals surface area contributed by atoms with Gasteiger partial charge in [-0.25, -0.2) is 0 Å². The average molecular weight is 229 g/mol. The first kappa shape index (κ1) is 10.8. The van der Waals surface area contributed by atoms with Crippen molar-refractivity contribution in [1.82, 2.24) is 5.32 Å². The van der Waals surface area contributed by atoms with Gasteiger partial charge in [0.2, 0.25) is 0 Å². The molecule has 0 aromatic heterocycles. The Hall–Kier alpha value is -1.31. The minimum atomic E-state index is -0.0530. The molecule has 17 heavy (non-hydrogen) atoms. The molecule has 1 aromatic carbocycles. The summed E-state index contributed by atoms with van der Waals surface area (Å²) in [6.45, 7) is 4.57. The quantitative estimate of drug-likeness (QED) is 0.787. The van der Waals surface area contributed by atoms with Crippen LogP contribution in [0.25, 0.3) is 0 Å². The third-order valence-electron chi connectivity index (χ3n) is 4.54. The van der Waals surface area contributed by atoms with Crippen LogP contribution in [0.15, 0.2) is 24.3 Å². The van der Waals surface area contributed by atoms with E-state index in [4.69, 9.17) is 0 Å². The Bertz CT molecular complexity index is 466. The van der Waals surface area contributed by atoms with Crippen LogP contribution < -0.4 is 5.32 Å². The predicted molar refractivity (Wildman–Crippen MR) is 67.8 cm³/mol. The molecule has 2 aliphatic rings. The fourth-order valence-electron chi connectivity index (χ4n) is 3.46. The predicted octanol–water partition coefficient (Wildman–Crippen LogP) is 3.08. The monoisotopic (exact) mass is 229 g/mol. The van der Waals surface area contributed by atoms with Crippen LogP contribution in [0.5, 0.6) is 0 Å². The van der Waals surface area contributed by atoms with Crippen molar-refractivity contribution < 1.29 is 4.79 Å². The van der Waals surface area contributed by atoms with Crippen LogP contribution in [0.3, 0.4) is 0 Å². The maximum atomic E-state index is 12.0. The van der Waals surface area contributed by atoms with E-state index in [9.17, 15) is 4.79 Å². The smallest absolute Gasteiger partial charge is 0.252 e. The van der Waals surface area contributed by atoms with Gasteiger partial charge in [-0.15, -0.1) is 0 Å². The molecule has 1 saturated carbocycles. The molecule has 1 aliphatic heterocycles. The second-order valence-corrected chi connectivity index (χ2v) is 5.83. The van der Waals surface area contributed by atoms with E-state index < -0.39 is 0 Å². The summed E-state index contributed by atoms with van der Waals surface area (Å²) in [5, 5.41) is 3.24. The molecule has 90 valence electrons. The highest BCUT2D eigenvalue weighted by atomic mass is 16.2. The molecule has 1 amide bonds. The minimum Gasteiger partial charge on any atom is -0.342 e. The molecule has 1 aliphatic carbocycles. The standard InChI is InChI=1S/C15H19NO/c1-10(2)11-7-8-15(9-11)13-6-4-3-5-12(13)14(17)16-15/h3-6,10-11H,7-9H2,1-2H3,(H,16,17). The summed E-state index contributed by atoms with van der Waals surface area (Å²) in [4.78, 5) is 12.0. The summed E-state index contributed by atoms with van der Waals surface area (Å²) in [6, 6.07) is 8.06. The number of fused-ring (bicyclic) bond motifs is 2. The van der Waals surface area contributed by atoms with Gasteiger partial charge in [0.25, 0.3) is 5.91 Å². The van der Waals surface area contributed by atoms with Crippen molar-refractivity contribution in [3.8, 4) is 0 Å². The molecule has 0 saturated heterocycles. The topological polar surface area (TPSA) is 29.1 Å². The molecule has 3 rings (SSSR count). The Balaban J connectivity index is 1.99. The van der Waals surface area contributed by atoms with E-state index >= 15 is 0 Å². The van der Waals surface area contributed by atoms with Gasteiger partial charge in [0.1, 0.15) is 0 Å². The van der Waals surface area contributed by atoms with Crippen molar-refractivity contribution in [2.75, 3.05) is 0 Å². The lowest BCUT2D eigenvalue weighted by atomic mass is 9.86. The largest absolute Gasteiger partial charge is 0.342 e. The number of amides is 1. The van der Waals surface area contributed by atoms with Gasteiger partial charge in [-0.2, -0.15) is 0 Å². The van der Waals surface area contributed by atoms with Crippen molar-refractivity contribution in [3.63, 3.8) is 0 Å². The van der Waals surface area contributed by atoms with Crippen LogP contribution in [0.2, 0.25) is 0 Å². The second kappa shape index (κ2) is 3.59. The molecule has 2 nitrogen and oxygen atoms in total. The Morgan fingerprint density at radius 2 is 2.12 bits per heavy atom. The SMILES string of the molecule is CC(C)C1CCC2(C1)NC(=O)c1ccccc12. The normalized spacial score (nSPS) is 31.0. The van der Waals surface area contributed by atoms with Crippen LogP contribution >= 0.6 is 0 Å². The van der Waals surface area contributed by atoms with Crippen molar-refractivity contribution >= 4 is 5.91 Å². The first-order valence-corrected chi connectivity index (χ1v) is 6.54. The highest BCUT2D eigenvalue weighted by Crippen LogP contribution is 2.48. The molecule has 1 heterocycles. The summed E-state index contributed by atoms with van der Waals surface area (Å²) >= 11 is 0. The van der Waals surface area contributed by atoms with Gasteiger partial charge in [0.05, 0.1) is 5.54 Å². The van der Waals surface area contributed by atoms with E-state index in [-0.39, 0.29) is 11.4 Å². The Morgan fingerprint density at radius 1 is 1.35 bits per heavy atom. The minimum absolute atomic E-state index is 0.0530. The summed E-state index contributed by atoms with van der Waals surface area (Å²) in [6.07, 6.45) is 3.43. The highest BCUT2D eigenvalue weighted by Gasteiger charge is 2.47. The van der Waals surface area contributed by atoms with Crippen LogP contribution in [-0.2, 0) is 5.54 Å². The number of hydrogen-bond donors (Lipinski definition) is 1. The van der Waals surface area contributed by atoms with Crippen LogP contribution in [0.4, 0.5) is 0 Å². The number of hydrogen-bond acceptors (Lipinski definition) is 1. The van der Waals surface area contributed by atoms with E-state index in [1.807, 2.05) is 18.2 Å². The zero-order chi connectivity index (χ0) is 12.0. The molecule has 2 atom stereocenters. The molecular formula is C15H19NO. The molecule has 1 fully saturated rings. The van der Waals surface area contributed by atoms with Gasteiger partial charge in [-0.05, 0) is 42.7 Å². The zero-order valence-corrected chi connectivity index (χ0v) is 10.5. The summed E-state index contributed by atoms with van der Waals surface area (Å²) in [7, 11) is 0. The first-order chi connectivity index (χ1) is 8.12. The summed E-state index contributed by atoms with van der Waals surface area (Å²) in [5.41, 5.74) is 2.06. The average Bonchev–Trinajstić information content (AvgIpc) is 2.85. The lowest BCUT2D eigenvalue weighted by molar-refractivity contribution is 0.0928.